The highest BCUT2D eigenvalue weighted by Crippen LogP contribution is 2.34. The minimum absolute atomic E-state index is 0.0760. The van der Waals surface area contributed by atoms with Gasteiger partial charge < -0.3 is 26.0 Å². The summed E-state index contributed by atoms with van der Waals surface area (Å²) in [7, 11) is 0. The maximum Gasteiger partial charge on any atom is 0.325 e. The van der Waals surface area contributed by atoms with Crippen LogP contribution in [0.25, 0.3) is 0 Å². The lowest BCUT2D eigenvalue weighted by Gasteiger charge is -2.40. The van der Waals surface area contributed by atoms with Gasteiger partial charge in [-0.15, -0.1) is 0 Å². The van der Waals surface area contributed by atoms with Crippen LogP contribution in [0, 0.1) is 10.1 Å². The van der Waals surface area contributed by atoms with E-state index in [0.29, 0.717) is 5.56 Å². The Morgan fingerprint density at radius 2 is 2.22 bits per heavy atom. The van der Waals surface area contributed by atoms with Crippen molar-refractivity contribution in [3.05, 3.63) is 52.2 Å². The number of nitro benzene ring substituents is 1. The summed E-state index contributed by atoms with van der Waals surface area (Å²) >= 11 is 0. The molecule has 3 rings (SSSR count). The molecular formula is C17H22N4O6. The van der Waals surface area contributed by atoms with Gasteiger partial charge in [-0.1, -0.05) is 25.1 Å². The van der Waals surface area contributed by atoms with Crippen molar-refractivity contribution in [3.8, 4) is 0 Å². The Labute approximate surface area is 155 Å². The molecule has 0 radical (unpaired) electrons. The number of aliphatic hydroxyl groups excluding tert-OH is 2. The van der Waals surface area contributed by atoms with Crippen LogP contribution in [0.4, 0.5) is 10.5 Å². The molecule has 5 N–H and O–H groups in total. The lowest BCUT2D eigenvalue weighted by atomic mass is 9.86. The molecule has 5 atom stereocenters. The van der Waals surface area contributed by atoms with Crippen molar-refractivity contribution in [3.63, 3.8) is 0 Å². The highest BCUT2D eigenvalue weighted by atomic mass is 16.6. The van der Waals surface area contributed by atoms with Gasteiger partial charge in [-0.2, -0.15) is 0 Å². The number of amides is 2. The number of urea groups is 1. The monoisotopic (exact) mass is 378 g/mol. The van der Waals surface area contributed by atoms with Crippen molar-refractivity contribution in [2.45, 2.75) is 43.4 Å². The Morgan fingerprint density at radius 3 is 2.81 bits per heavy atom. The van der Waals surface area contributed by atoms with E-state index < -0.39 is 41.0 Å². The Morgan fingerprint density at radius 1 is 1.52 bits per heavy atom. The summed E-state index contributed by atoms with van der Waals surface area (Å²) in [6, 6.07) is 5.67. The van der Waals surface area contributed by atoms with E-state index in [4.69, 9.17) is 10.5 Å². The number of aliphatic hydroxyl groups is 2. The molecule has 2 aliphatic rings. The molecule has 2 unspecified atom stereocenters. The van der Waals surface area contributed by atoms with E-state index in [2.05, 4.69) is 5.32 Å². The predicted octanol–water partition coefficient (Wildman–Crippen LogP) is 0.360. The quantitative estimate of drug-likeness (QED) is 0.426. The zero-order chi connectivity index (χ0) is 19.8. The summed E-state index contributed by atoms with van der Waals surface area (Å²) in [6.45, 7) is 1.34. The standard InChI is InChI=1S/C17H22N4O6/c1-10(11-4-2-3-5-12(11)21(25)26)17(18)6-7-20(16(24)19-17)15-8-13(23)14(9-22)27-15/h2-7,10,13-15,22-23H,8-9,18H2,1H3,(H,19,24)/t10?,13-,14+,15+,17?/m0/s1. The number of ether oxygens (including phenoxy) is 1. The van der Waals surface area contributed by atoms with Gasteiger partial charge in [0.05, 0.1) is 17.6 Å². The summed E-state index contributed by atoms with van der Waals surface area (Å²) in [5.74, 6) is -0.582. The van der Waals surface area contributed by atoms with Gasteiger partial charge in [-0.3, -0.25) is 15.0 Å². The topological polar surface area (TPSA) is 151 Å². The Bertz CT molecular complexity index is 772. The van der Waals surface area contributed by atoms with Crippen LogP contribution in [-0.4, -0.2) is 56.8 Å². The molecule has 1 aromatic rings. The number of nitrogens with two attached hydrogens (primary N) is 1. The molecule has 0 spiro atoms. The largest absolute Gasteiger partial charge is 0.394 e. The van der Waals surface area contributed by atoms with Gasteiger partial charge in [0.25, 0.3) is 5.69 Å². The fourth-order valence-electron chi connectivity index (χ4n) is 3.37. The second kappa shape index (κ2) is 7.24. The van der Waals surface area contributed by atoms with Crippen LogP contribution in [-0.2, 0) is 4.74 Å². The number of rotatable bonds is 5. The normalized spacial score (nSPS) is 31.6. The number of benzene rings is 1. The van der Waals surface area contributed by atoms with Crippen molar-refractivity contribution in [2.24, 2.45) is 5.73 Å². The summed E-state index contributed by atoms with van der Waals surface area (Å²) in [4.78, 5) is 24.6. The molecule has 27 heavy (non-hydrogen) atoms. The number of hydrogen-bond acceptors (Lipinski definition) is 7. The average molecular weight is 378 g/mol. The molecule has 0 aromatic heterocycles. The minimum Gasteiger partial charge on any atom is -0.394 e. The lowest BCUT2D eigenvalue weighted by molar-refractivity contribution is -0.385. The molecule has 1 aromatic carbocycles. The van der Waals surface area contributed by atoms with Gasteiger partial charge in [0, 0.05) is 30.2 Å². The van der Waals surface area contributed by atoms with E-state index in [-0.39, 0.29) is 18.7 Å². The molecule has 10 heteroatoms. The third kappa shape index (κ3) is 3.52. The van der Waals surface area contributed by atoms with Crippen molar-refractivity contribution >= 4 is 11.7 Å². The van der Waals surface area contributed by atoms with E-state index in [1.165, 1.54) is 23.2 Å². The first-order valence-electron chi connectivity index (χ1n) is 8.53. The summed E-state index contributed by atoms with van der Waals surface area (Å²) in [5, 5.41) is 33.0. The molecule has 1 saturated heterocycles. The van der Waals surface area contributed by atoms with E-state index in [1.807, 2.05) is 0 Å². The van der Waals surface area contributed by atoms with Crippen LogP contribution in [0.2, 0.25) is 0 Å². The van der Waals surface area contributed by atoms with Crippen molar-refractivity contribution < 1.29 is 24.7 Å². The smallest absolute Gasteiger partial charge is 0.325 e. The fourth-order valence-corrected chi connectivity index (χ4v) is 3.37. The first-order valence-corrected chi connectivity index (χ1v) is 8.53. The minimum atomic E-state index is -1.34. The van der Waals surface area contributed by atoms with Crippen LogP contribution >= 0.6 is 0 Å². The van der Waals surface area contributed by atoms with Crippen LogP contribution in [0.1, 0.15) is 24.8 Å². The third-order valence-corrected chi connectivity index (χ3v) is 5.08. The predicted molar refractivity (Wildman–Crippen MR) is 94.3 cm³/mol. The molecule has 0 saturated carbocycles. The second-order valence-corrected chi connectivity index (χ2v) is 6.74. The number of hydrogen-bond donors (Lipinski definition) is 4. The Hall–Kier alpha value is -2.53. The molecule has 0 bridgehead atoms. The van der Waals surface area contributed by atoms with Gasteiger partial charge in [0.1, 0.15) is 18.0 Å². The number of para-hydroxylation sites is 1. The van der Waals surface area contributed by atoms with Crippen LogP contribution in [0.3, 0.4) is 0 Å². The van der Waals surface area contributed by atoms with E-state index >= 15 is 0 Å². The van der Waals surface area contributed by atoms with Crippen LogP contribution < -0.4 is 11.1 Å². The van der Waals surface area contributed by atoms with Gasteiger partial charge in [0.15, 0.2) is 0 Å². The fraction of sp³-hybridized carbons (Fsp3) is 0.471. The van der Waals surface area contributed by atoms with Gasteiger partial charge in [-0.05, 0) is 6.08 Å². The van der Waals surface area contributed by atoms with E-state index in [0.717, 1.165) is 0 Å². The van der Waals surface area contributed by atoms with Crippen LogP contribution in [0.5, 0.6) is 0 Å². The lowest BCUT2D eigenvalue weighted by Crippen LogP contribution is -2.63. The number of carbonyl (C=O) groups excluding carboxylic acids is 1. The zero-order valence-electron chi connectivity index (χ0n) is 14.7. The molecule has 146 valence electrons. The zero-order valence-corrected chi connectivity index (χ0v) is 14.7. The third-order valence-electron chi connectivity index (χ3n) is 5.08. The molecule has 10 nitrogen and oxygen atoms in total. The van der Waals surface area contributed by atoms with E-state index in [9.17, 15) is 25.1 Å². The number of nitro groups is 1. The Balaban J connectivity index is 1.83. The first kappa shape index (κ1) is 19.2. The average Bonchev–Trinajstić information content (AvgIpc) is 3.01. The van der Waals surface area contributed by atoms with Gasteiger partial charge in [-0.25, -0.2) is 4.79 Å². The molecular weight excluding hydrogens is 356 g/mol. The first-order chi connectivity index (χ1) is 12.8. The highest BCUT2D eigenvalue weighted by Gasteiger charge is 2.43. The molecule has 2 amide bonds. The summed E-state index contributed by atoms with van der Waals surface area (Å²) < 4.78 is 5.48. The van der Waals surface area contributed by atoms with Crippen molar-refractivity contribution in [1.82, 2.24) is 10.2 Å². The summed E-state index contributed by atoms with van der Waals surface area (Å²) in [6.07, 6.45) is 0.766. The number of nitrogens with zero attached hydrogens (tertiary/aromatic N) is 2. The van der Waals surface area contributed by atoms with Gasteiger partial charge in [0.2, 0.25) is 0 Å². The van der Waals surface area contributed by atoms with Crippen molar-refractivity contribution in [2.75, 3.05) is 6.61 Å². The van der Waals surface area contributed by atoms with Crippen molar-refractivity contribution in [1.29, 1.82) is 0 Å². The molecule has 0 aliphatic carbocycles. The Kier molecular flexibility index (Phi) is 5.16. The SMILES string of the molecule is CC(c1ccccc1[N+](=O)[O-])C1(N)C=CN([C@H]2C[C@H](O)[C@@H](CO)O2)C(=O)N1. The second-order valence-electron chi connectivity index (χ2n) is 6.74. The maximum atomic E-state index is 12.6. The molecule has 1 fully saturated rings. The van der Waals surface area contributed by atoms with Gasteiger partial charge >= 0.3 is 6.03 Å². The maximum absolute atomic E-state index is 12.6. The number of nitrogens with one attached hydrogen (secondary N) is 1. The molecule has 2 heterocycles. The number of carbonyl (C=O) groups is 1. The van der Waals surface area contributed by atoms with Crippen LogP contribution in [0.15, 0.2) is 36.5 Å². The van der Waals surface area contributed by atoms with E-state index in [1.54, 1.807) is 25.1 Å². The highest BCUT2D eigenvalue weighted by molar-refractivity contribution is 5.78. The molecule has 2 aliphatic heterocycles. The summed E-state index contributed by atoms with van der Waals surface area (Å²) in [5.41, 5.74) is 5.32.